The van der Waals surface area contributed by atoms with Crippen LogP contribution in [-0.2, 0) is 16.1 Å². The number of ether oxygens (including phenoxy) is 1. The van der Waals surface area contributed by atoms with Crippen molar-refractivity contribution >= 4 is 11.8 Å². The number of benzene rings is 1. The molecule has 128 valence electrons. The van der Waals surface area contributed by atoms with Crippen molar-refractivity contribution in [1.29, 1.82) is 0 Å². The Kier molecular flexibility index (Phi) is 6.32. The number of aryl methyl sites for hydroxylation is 2. The second-order valence-corrected chi connectivity index (χ2v) is 5.69. The highest BCUT2D eigenvalue weighted by molar-refractivity contribution is 6.02. The molecule has 0 aliphatic rings. The summed E-state index contributed by atoms with van der Waals surface area (Å²) in [6, 6.07) is 8.49. The standard InChI is InChI=1S/C19H23NO4/c1-4-23-18(21)11-17(20-12-16-6-5-9-24-16)19(22)15-8-7-13(2)14(3)10-15/h5-10,17,20H,4,11-12H2,1-3H3. The van der Waals surface area contributed by atoms with Gasteiger partial charge in [-0.1, -0.05) is 12.1 Å². The molecule has 1 N–H and O–H groups in total. The van der Waals surface area contributed by atoms with Crippen molar-refractivity contribution in [2.24, 2.45) is 0 Å². The number of carbonyl (C=O) groups excluding carboxylic acids is 2. The first-order valence-corrected chi connectivity index (χ1v) is 8.04. The highest BCUT2D eigenvalue weighted by Gasteiger charge is 2.24. The van der Waals surface area contributed by atoms with Gasteiger partial charge in [-0.2, -0.15) is 0 Å². The number of Topliss-reactive ketones (excluding diaryl/α,β-unsaturated/α-hetero) is 1. The molecule has 0 saturated heterocycles. The molecule has 0 saturated carbocycles. The molecule has 0 amide bonds. The van der Waals surface area contributed by atoms with Crippen LogP contribution in [0.15, 0.2) is 41.0 Å². The minimum Gasteiger partial charge on any atom is -0.468 e. The number of nitrogens with one attached hydrogen (secondary N) is 1. The van der Waals surface area contributed by atoms with Gasteiger partial charge in [-0.3, -0.25) is 14.9 Å². The third kappa shape index (κ3) is 4.80. The van der Waals surface area contributed by atoms with E-state index in [1.54, 1.807) is 25.3 Å². The van der Waals surface area contributed by atoms with Crippen molar-refractivity contribution in [3.63, 3.8) is 0 Å². The van der Waals surface area contributed by atoms with Crippen LogP contribution in [0.2, 0.25) is 0 Å². The van der Waals surface area contributed by atoms with Gasteiger partial charge in [0.05, 0.1) is 31.9 Å². The summed E-state index contributed by atoms with van der Waals surface area (Å²) in [6.45, 7) is 6.36. The Morgan fingerprint density at radius 2 is 2.00 bits per heavy atom. The van der Waals surface area contributed by atoms with Gasteiger partial charge in [0.15, 0.2) is 5.78 Å². The van der Waals surface area contributed by atoms with Gasteiger partial charge in [-0.05, 0) is 50.1 Å². The average Bonchev–Trinajstić information content (AvgIpc) is 3.07. The minimum absolute atomic E-state index is 0.0136. The van der Waals surface area contributed by atoms with E-state index in [1.165, 1.54) is 0 Å². The van der Waals surface area contributed by atoms with Gasteiger partial charge < -0.3 is 9.15 Å². The number of esters is 1. The summed E-state index contributed by atoms with van der Waals surface area (Å²) in [5, 5.41) is 3.10. The predicted molar refractivity (Wildman–Crippen MR) is 90.8 cm³/mol. The van der Waals surface area contributed by atoms with Gasteiger partial charge in [0.25, 0.3) is 0 Å². The number of furan rings is 1. The van der Waals surface area contributed by atoms with Gasteiger partial charge in [0, 0.05) is 5.56 Å². The fourth-order valence-corrected chi connectivity index (χ4v) is 2.38. The van der Waals surface area contributed by atoms with Crippen molar-refractivity contribution in [2.45, 2.75) is 39.8 Å². The van der Waals surface area contributed by atoms with Crippen molar-refractivity contribution < 1.29 is 18.7 Å². The van der Waals surface area contributed by atoms with Crippen LogP contribution in [0.3, 0.4) is 0 Å². The molecule has 2 aromatic rings. The fraction of sp³-hybridized carbons (Fsp3) is 0.368. The first-order chi connectivity index (χ1) is 11.5. The largest absolute Gasteiger partial charge is 0.468 e. The van der Waals surface area contributed by atoms with Crippen molar-refractivity contribution in [2.75, 3.05) is 6.61 Å². The van der Waals surface area contributed by atoms with Gasteiger partial charge in [-0.25, -0.2) is 0 Å². The molecule has 24 heavy (non-hydrogen) atoms. The van der Waals surface area contributed by atoms with E-state index in [0.29, 0.717) is 24.5 Å². The summed E-state index contributed by atoms with van der Waals surface area (Å²) in [5.74, 6) is 0.182. The SMILES string of the molecule is CCOC(=O)CC(NCc1ccco1)C(=O)c1ccc(C)c(C)c1. The third-order valence-electron chi connectivity index (χ3n) is 3.89. The van der Waals surface area contributed by atoms with Crippen molar-refractivity contribution in [3.05, 3.63) is 59.0 Å². The number of hydrogen-bond donors (Lipinski definition) is 1. The lowest BCUT2D eigenvalue weighted by molar-refractivity contribution is -0.143. The summed E-state index contributed by atoms with van der Waals surface area (Å²) >= 11 is 0. The van der Waals surface area contributed by atoms with E-state index in [-0.39, 0.29) is 12.2 Å². The number of hydrogen-bond acceptors (Lipinski definition) is 5. The van der Waals surface area contributed by atoms with Gasteiger partial charge in [-0.15, -0.1) is 0 Å². The third-order valence-corrected chi connectivity index (χ3v) is 3.89. The van der Waals surface area contributed by atoms with E-state index in [1.807, 2.05) is 32.0 Å². The van der Waals surface area contributed by atoms with Crippen LogP contribution in [0.4, 0.5) is 0 Å². The molecule has 0 fully saturated rings. The predicted octanol–water partition coefficient (Wildman–Crippen LogP) is 3.19. The monoisotopic (exact) mass is 329 g/mol. The molecule has 0 aliphatic carbocycles. The van der Waals surface area contributed by atoms with E-state index < -0.39 is 12.0 Å². The van der Waals surface area contributed by atoms with Crippen LogP contribution in [-0.4, -0.2) is 24.4 Å². The Morgan fingerprint density at radius 3 is 2.62 bits per heavy atom. The molecule has 0 aliphatic heterocycles. The Hall–Kier alpha value is -2.40. The maximum absolute atomic E-state index is 12.8. The van der Waals surface area contributed by atoms with Crippen LogP contribution in [0, 0.1) is 13.8 Å². The second kappa shape index (κ2) is 8.45. The topological polar surface area (TPSA) is 68.5 Å². The smallest absolute Gasteiger partial charge is 0.307 e. The Labute approximate surface area is 142 Å². The number of carbonyl (C=O) groups is 2. The normalized spacial score (nSPS) is 12.0. The average molecular weight is 329 g/mol. The molecule has 1 atom stereocenters. The summed E-state index contributed by atoms with van der Waals surface area (Å²) in [6.07, 6.45) is 1.56. The van der Waals surface area contributed by atoms with E-state index in [4.69, 9.17) is 9.15 Å². The van der Waals surface area contributed by atoms with Gasteiger partial charge >= 0.3 is 5.97 Å². The molecule has 5 nitrogen and oxygen atoms in total. The summed E-state index contributed by atoms with van der Waals surface area (Å²) in [7, 11) is 0. The highest BCUT2D eigenvalue weighted by atomic mass is 16.5. The lowest BCUT2D eigenvalue weighted by Gasteiger charge is -2.17. The van der Waals surface area contributed by atoms with Crippen LogP contribution in [0.1, 0.15) is 40.6 Å². The second-order valence-electron chi connectivity index (χ2n) is 5.69. The van der Waals surface area contributed by atoms with Crippen LogP contribution in [0.25, 0.3) is 0 Å². The number of ketones is 1. The zero-order valence-electron chi connectivity index (χ0n) is 14.3. The van der Waals surface area contributed by atoms with E-state index >= 15 is 0 Å². The first kappa shape index (κ1) is 17.9. The Balaban J connectivity index is 2.14. The number of rotatable bonds is 8. The van der Waals surface area contributed by atoms with Crippen LogP contribution >= 0.6 is 0 Å². The van der Waals surface area contributed by atoms with E-state index in [9.17, 15) is 9.59 Å². The lowest BCUT2D eigenvalue weighted by atomic mass is 9.98. The molecule has 1 aromatic heterocycles. The molecule has 5 heteroatoms. The zero-order valence-corrected chi connectivity index (χ0v) is 14.3. The van der Waals surface area contributed by atoms with Gasteiger partial charge in [0.1, 0.15) is 5.76 Å². The minimum atomic E-state index is -0.656. The van der Waals surface area contributed by atoms with E-state index in [0.717, 1.165) is 11.1 Å². The van der Waals surface area contributed by atoms with Crippen molar-refractivity contribution in [1.82, 2.24) is 5.32 Å². The highest BCUT2D eigenvalue weighted by Crippen LogP contribution is 2.14. The Bertz CT molecular complexity index is 691. The molecular formula is C19H23NO4. The maximum atomic E-state index is 12.8. The van der Waals surface area contributed by atoms with Crippen LogP contribution in [0.5, 0.6) is 0 Å². The molecule has 1 heterocycles. The van der Waals surface area contributed by atoms with Crippen molar-refractivity contribution in [3.8, 4) is 0 Å². The van der Waals surface area contributed by atoms with Gasteiger partial charge in [0.2, 0.25) is 0 Å². The summed E-state index contributed by atoms with van der Waals surface area (Å²) in [4.78, 5) is 24.6. The fourth-order valence-electron chi connectivity index (χ4n) is 2.38. The lowest BCUT2D eigenvalue weighted by Crippen LogP contribution is -2.38. The molecule has 0 radical (unpaired) electrons. The molecule has 1 aromatic carbocycles. The molecule has 1 unspecified atom stereocenters. The molecular weight excluding hydrogens is 306 g/mol. The quantitative estimate of drug-likeness (QED) is 0.595. The molecule has 0 bridgehead atoms. The van der Waals surface area contributed by atoms with E-state index in [2.05, 4.69) is 5.32 Å². The van der Waals surface area contributed by atoms with Crippen LogP contribution < -0.4 is 5.32 Å². The summed E-state index contributed by atoms with van der Waals surface area (Å²) in [5.41, 5.74) is 2.75. The summed E-state index contributed by atoms with van der Waals surface area (Å²) < 4.78 is 10.3. The zero-order chi connectivity index (χ0) is 17.5. The maximum Gasteiger partial charge on any atom is 0.307 e. The Morgan fingerprint density at radius 1 is 1.21 bits per heavy atom. The first-order valence-electron chi connectivity index (χ1n) is 8.04. The molecule has 2 rings (SSSR count). The molecule has 0 spiro atoms.